The quantitative estimate of drug-likeness (QED) is 0.0578. The largest absolute Gasteiger partial charge is 0.485 e. The van der Waals surface area contributed by atoms with Crippen molar-refractivity contribution in [3.05, 3.63) is 101 Å². The van der Waals surface area contributed by atoms with Gasteiger partial charge >= 0.3 is 35.6 Å². The number of aliphatic hydroxyl groups is 13. The Labute approximate surface area is 318 Å². The highest BCUT2D eigenvalue weighted by Crippen LogP contribution is 2.36. The standard InChI is InChI=1S/C36H45N3O17/c1-20(39-31(43)38-35(52,53)34(50,51)36(39,54)55)30(42)37-24(16-22-11-6-3-7-12-22)18-28(41)23(15-21-9-4-2-5-10-21)17-25(40)19-56-29-26(32(44,45)46)13-8-14-27(29)33(47,48)49/h2-14,20,23-24,28,41,44-55H,15-19H2,1H3,(H,37,42)(H,38,43). The maximum absolute atomic E-state index is 13.6. The highest BCUT2D eigenvalue weighted by Gasteiger charge is 2.71. The van der Waals surface area contributed by atoms with Crippen molar-refractivity contribution in [2.45, 2.75) is 80.4 Å². The van der Waals surface area contributed by atoms with Crippen molar-refractivity contribution in [2.24, 2.45) is 5.92 Å². The summed E-state index contributed by atoms with van der Waals surface area (Å²) in [6.45, 7) is 0.0607. The van der Waals surface area contributed by atoms with Crippen LogP contribution in [0.1, 0.15) is 42.0 Å². The summed E-state index contributed by atoms with van der Waals surface area (Å²) in [5, 5.41) is 135. The Morgan fingerprint density at radius 1 is 0.786 bits per heavy atom. The second-order valence-electron chi connectivity index (χ2n) is 13.6. The van der Waals surface area contributed by atoms with E-state index in [0.717, 1.165) is 25.1 Å². The van der Waals surface area contributed by atoms with Gasteiger partial charge in [-0.1, -0.05) is 66.7 Å². The number of amides is 3. The first-order chi connectivity index (χ1) is 25.9. The van der Waals surface area contributed by atoms with Gasteiger partial charge in [0.2, 0.25) is 5.91 Å². The lowest BCUT2D eigenvalue weighted by Gasteiger charge is -2.52. The van der Waals surface area contributed by atoms with Gasteiger partial charge < -0.3 is 76.4 Å². The van der Waals surface area contributed by atoms with E-state index in [-0.39, 0.29) is 24.2 Å². The second-order valence-corrected chi connectivity index (χ2v) is 13.6. The molecule has 1 aliphatic heterocycles. The summed E-state index contributed by atoms with van der Waals surface area (Å²) in [5.74, 6) is -23.2. The minimum atomic E-state index is -4.23. The highest BCUT2D eigenvalue weighted by molar-refractivity contribution is 5.88. The summed E-state index contributed by atoms with van der Waals surface area (Å²) >= 11 is 0. The molecule has 0 radical (unpaired) electrons. The zero-order valence-electron chi connectivity index (χ0n) is 29.7. The van der Waals surface area contributed by atoms with Crippen molar-refractivity contribution < 1.29 is 85.5 Å². The number of urea groups is 1. The molecule has 306 valence electrons. The molecule has 20 nitrogen and oxygen atoms in total. The molecular weight excluding hydrogens is 746 g/mol. The molecule has 20 heteroatoms. The number of hydrogen-bond acceptors (Lipinski definition) is 17. The van der Waals surface area contributed by atoms with E-state index in [4.69, 9.17) is 4.74 Å². The van der Waals surface area contributed by atoms with E-state index in [9.17, 15) is 80.8 Å². The molecule has 1 aliphatic rings. The fourth-order valence-corrected chi connectivity index (χ4v) is 6.29. The van der Waals surface area contributed by atoms with Crippen molar-refractivity contribution in [2.75, 3.05) is 6.61 Å². The van der Waals surface area contributed by atoms with E-state index in [0.29, 0.717) is 11.1 Å². The van der Waals surface area contributed by atoms with Crippen molar-refractivity contribution in [3.8, 4) is 5.75 Å². The maximum atomic E-state index is 13.6. The Morgan fingerprint density at radius 2 is 1.29 bits per heavy atom. The summed E-state index contributed by atoms with van der Waals surface area (Å²) in [4.78, 5) is 39.5. The molecule has 4 atom stereocenters. The Morgan fingerprint density at radius 3 is 1.79 bits per heavy atom. The van der Waals surface area contributed by atoms with Crippen LogP contribution in [0.25, 0.3) is 0 Å². The summed E-state index contributed by atoms with van der Waals surface area (Å²) in [7, 11) is 0. The molecule has 0 saturated carbocycles. The summed E-state index contributed by atoms with van der Waals surface area (Å²) in [6, 6.07) is 15.3. The molecular formula is C36H45N3O17. The van der Waals surface area contributed by atoms with Gasteiger partial charge in [0.05, 0.1) is 17.2 Å². The lowest BCUT2D eigenvalue weighted by atomic mass is 9.85. The van der Waals surface area contributed by atoms with E-state index in [1.54, 1.807) is 60.7 Å². The fourth-order valence-electron chi connectivity index (χ4n) is 6.29. The van der Waals surface area contributed by atoms with E-state index in [2.05, 4.69) is 5.32 Å². The number of nitrogens with one attached hydrogen (secondary N) is 2. The Kier molecular flexibility index (Phi) is 13.2. The maximum Gasteiger partial charge on any atom is 0.326 e. The van der Waals surface area contributed by atoms with E-state index in [1.165, 1.54) is 5.32 Å². The normalized spacial score (nSPS) is 18.6. The van der Waals surface area contributed by atoms with E-state index < -0.39 is 101 Å². The average Bonchev–Trinajstić information content (AvgIpc) is 3.09. The van der Waals surface area contributed by atoms with Gasteiger partial charge in [-0.3, -0.25) is 19.8 Å². The van der Waals surface area contributed by atoms with Gasteiger partial charge in [-0.15, -0.1) is 0 Å². The summed E-state index contributed by atoms with van der Waals surface area (Å²) < 4.78 is 5.37. The molecule has 4 rings (SSSR count). The predicted molar refractivity (Wildman–Crippen MR) is 186 cm³/mol. The number of rotatable bonds is 17. The third kappa shape index (κ3) is 10.0. The second kappa shape index (κ2) is 16.8. The van der Waals surface area contributed by atoms with Gasteiger partial charge in [-0.2, -0.15) is 0 Å². The molecule has 0 aromatic heterocycles. The third-order valence-corrected chi connectivity index (χ3v) is 9.24. The number of ketones is 1. The van der Waals surface area contributed by atoms with Gasteiger partial charge in [0.1, 0.15) is 18.4 Å². The van der Waals surface area contributed by atoms with Crippen LogP contribution in [0.3, 0.4) is 0 Å². The molecule has 56 heavy (non-hydrogen) atoms. The number of aliphatic hydroxyl groups excluding tert-OH is 1. The van der Waals surface area contributed by atoms with Gasteiger partial charge in [0.15, 0.2) is 5.78 Å². The third-order valence-electron chi connectivity index (χ3n) is 9.24. The predicted octanol–water partition coefficient (Wildman–Crippen LogP) is -4.09. The van der Waals surface area contributed by atoms with Gasteiger partial charge in [-0.05, 0) is 55.4 Å². The van der Waals surface area contributed by atoms with Crippen LogP contribution >= 0.6 is 0 Å². The Hall–Kier alpha value is -4.65. The molecule has 0 aliphatic carbocycles. The summed E-state index contributed by atoms with van der Waals surface area (Å²) in [6.07, 6.45) is -2.04. The van der Waals surface area contributed by atoms with Gasteiger partial charge in [0.25, 0.3) is 0 Å². The number of nitrogens with zero attached hydrogens (tertiary/aromatic N) is 1. The first kappa shape index (κ1) is 44.1. The minimum absolute atomic E-state index is 0.0252. The number of ether oxygens (including phenoxy) is 1. The van der Waals surface area contributed by atoms with Gasteiger partial charge in [0, 0.05) is 12.5 Å². The summed E-state index contributed by atoms with van der Waals surface area (Å²) in [5.41, 5.74) is -0.390. The van der Waals surface area contributed by atoms with Crippen molar-refractivity contribution in [3.63, 3.8) is 0 Å². The SMILES string of the molecule is CC(C(=O)NC(Cc1ccccc1)CC(O)C(CC(=O)COc1c(C(O)(O)O)cccc1C(O)(O)O)Cc1ccccc1)N1C(=O)NC(O)(O)C(O)(O)C1(O)O. The van der Waals surface area contributed by atoms with Crippen molar-refractivity contribution in [1.29, 1.82) is 0 Å². The smallest absolute Gasteiger partial charge is 0.326 e. The first-order valence-corrected chi connectivity index (χ1v) is 17.0. The Bertz CT molecular complexity index is 1800. The van der Waals surface area contributed by atoms with Crippen LogP contribution in [0.2, 0.25) is 0 Å². The molecule has 15 N–H and O–H groups in total. The minimum Gasteiger partial charge on any atom is -0.485 e. The van der Waals surface area contributed by atoms with Crippen LogP contribution in [-0.4, -0.2) is 131 Å². The Balaban J connectivity index is 1.59. The van der Waals surface area contributed by atoms with Crippen LogP contribution in [-0.2, 0) is 34.4 Å². The number of benzene rings is 3. The van der Waals surface area contributed by atoms with E-state index in [1.807, 2.05) is 0 Å². The zero-order valence-corrected chi connectivity index (χ0v) is 29.7. The number of para-hydroxylation sites is 1. The molecule has 1 fully saturated rings. The number of Topliss-reactive ketones (excluding diaryl/α,β-unsaturated/α-hetero) is 1. The highest BCUT2D eigenvalue weighted by atomic mass is 16.7. The topological polar surface area (TPSA) is 351 Å². The molecule has 1 heterocycles. The number of carbonyl (C=O) groups excluding carboxylic acids is 3. The zero-order chi connectivity index (χ0) is 41.9. The van der Waals surface area contributed by atoms with E-state index >= 15 is 0 Å². The van der Waals surface area contributed by atoms with Crippen LogP contribution < -0.4 is 15.4 Å². The number of hydrogen-bond donors (Lipinski definition) is 15. The molecule has 0 spiro atoms. The van der Waals surface area contributed by atoms with Crippen molar-refractivity contribution in [1.82, 2.24) is 15.5 Å². The molecule has 3 amide bonds. The first-order valence-electron chi connectivity index (χ1n) is 17.0. The van der Waals surface area contributed by atoms with Crippen LogP contribution in [0, 0.1) is 5.92 Å². The molecule has 3 aromatic rings. The van der Waals surface area contributed by atoms with Crippen molar-refractivity contribution >= 4 is 17.7 Å². The monoisotopic (exact) mass is 791 g/mol. The van der Waals surface area contributed by atoms with Crippen LogP contribution in [0.4, 0.5) is 4.79 Å². The number of carbonyl (C=O) groups is 3. The van der Waals surface area contributed by atoms with Gasteiger partial charge in [-0.25, -0.2) is 4.79 Å². The molecule has 4 unspecified atom stereocenters. The van der Waals surface area contributed by atoms with Crippen LogP contribution in [0.15, 0.2) is 78.9 Å². The fraction of sp³-hybridized carbons (Fsp3) is 0.417. The molecule has 0 bridgehead atoms. The average molecular weight is 792 g/mol. The van der Waals surface area contributed by atoms with Crippen LogP contribution in [0.5, 0.6) is 5.75 Å². The lowest BCUT2D eigenvalue weighted by Crippen LogP contribution is -2.86. The molecule has 3 aromatic carbocycles. The lowest BCUT2D eigenvalue weighted by molar-refractivity contribution is -0.495. The molecule has 1 saturated heterocycles.